The summed E-state index contributed by atoms with van der Waals surface area (Å²) in [6.45, 7) is 12.4. The van der Waals surface area contributed by atoms with E-state index in [1.807, 2.05) is 0 Å². The van der Waals surface area contributed by atoms with Gasteiger partial charge in [-0.25, -0.2) is 0 Å². The first-order chi connectivity index (χ1) is 6.64. The Morgan fingerprint density at radius 3 is 2.36 bits per heavy atom. The minimum absolute atomic E-state index is 0.570. The Kier molecular flexibility index (Phi) is 4.90. The topological polar surface area (TPSA) is 12.5 Å². The lowest BCUT2D eigenvalue weighted by atomic mass is 9.83. The Morgan fingerprint density at radius 2 is 1.79 bits per heavy atom. The molecule has 1 heterocycles. The molecule has 2 nitrogen and oxygen atoms in total. The minimum Gasteiger partial charge on any atom is -0.380 e. The van der Waals surface area contributed by atoms with Crippen LogP contribution >= 0.6 is 0 Å². The molecule has 0 aromatic carbocycles. The highest BCUT2D eigenvalue weighted by Crippen LogP contribution is 2.29. The monoisotopic (exact) mass is 199 g/mol. The molecule has 0 saturated carbocycles. The third-order valence-corrected chi connectivity index (χ3v) is 3.11. The summed E-state index contributed by atoms with van der Waals surface area (Å²) in [5.74, 6) is 0. The molecule has 0 aromatic heterocycles. The molecule has 2 heteroatoms. The van der Waals surface area contributed by atoms with Crippen LogP contribution in [-0.4, -0.2) is 37.7 Å². The van der Waals surface area contributed by atoms with Crippen molar-refractivity contribution in [2.75, 3.05) is 32.8 Å². The van der Waals surface area contributed by atoms with Crippen molar-refractivity contribution in [2.24, 2.45) is 5.41 Å². The molecule has 1 rings (SSSR count). The highest BCUT2D eigenvalue weighted by molar-refractivity contribution is 4.78. The quantitative estimate of drug-likeness (QED) is 0.631. The van der Waals surface area contributed by atoms with Gasteiger partial charge in [0, 0.05) is 13.2 Å². The molecule has 0 spiro atoms. The van der Waals surface area contributed by atoms with Gasteiger partial charge in [-0.2, -0.15) is 0 Å². The fraction of sp³-hybridized carbons (Fsp3) is 1.00. The fourth-order valence-electron chi connectivity index (χ4n) is 1.82. The highest BCUT2D eigenvalue weighted by atomic mass is 16.5. The second kappa shape index (κ2) is 5.72. The Bertz CT molecular complexity index is 146. The molecule has 0 aromatic rings. The predicted octanol–water partition coefficient (Wildman–Crippen LogP) is 2.54. The number of likely N-dealkylation sites (tertiary alicyclic amines) is 1. The van der Waals surface area contributed by atoms with Crippen LogP contribution in [0, 0.1) is 5.41 Å². The van der Waals surface area contributed by atoms with Gasteiger partial charge in [0.05, 0.1) is 6.61 Å². The van der Waals surface area contributed by atoms with Crippen LogP contribution in [-0.2, 0) is 4.74 Å². The lowest BCUT2D eigenvalue weighted by molar-refractivity contribution is 0.0741. The summed E-state index contributed by atoms with van der Waals surface area (Å²) in [6.07, 6.45) is 3.80. The van der Waals surface area contributed by atoms with Gasteiger partial charge in [0.2, 0.25) is 0 Å². The highest BCUT2D eigenvalue weighted by Gasteiger charge is 2.24. The van der Waals surface area contributed by atoms with Crippen LogP contribution in [0.1, 0.15) is 40.0 Å². The lowest BCUT2D eigenvalue weighted by Gasteiger charge is -2.36. The number of piperidine rings is 1. The zero-order valence-electron chi connectivity index (χ0n) is 10.0. The fourth-order valence-corrected chi connectivity index (χ4v) is 1.82. The van der Waals surface area contributed by atoms with Crippen LogP contribution in [0.15, 0.2) is 0 Å². The van der Waals surface area contributed by atoms with E-state index >= 15 is 0 Å². The Hall–Kier alpha value is -0.0800. The molecule has 14 heavy (non-hydrogen) atoms. The van der Waals surface area contributed by atoms with Crippen molar-refractivity contribution in [3.63, 3.8) is 0 Å². The molecule has 1 fully saturated rings. The molecule has 0 bridgehead atoms. The molecule has 0 aliphatic carbocycles. The van der Waals surface area contributed by atoms with E-state index < -0.39 is 0 Å². The van der Waals surface area contributed by atoms with Crippen molar-refractivity contribution in [3.05, 3.63) is 0 Å². The smallest absolute Gasteiger partial charge is 0.0593 e. The first kappa shape index (κ1) is 12.0. The minimum atomic E-state index is 0.570. The maximum absolute atomic E-state index is 5.50. The van der Waals surface area contributed by atoms with Crippen LogP contribution in [0.3, 0.4) is 0 Å². The first-order valence-electron chi connectivity index (χ1n) is 5.94. The number of nitrogens with zero attached hydrogens (tertiary/aromatic N) is 1. The van der Waals surface area contributed by atoms with Gasteiger partial charge in [-0.1, -0.05) is 20.8 Å². The standard InChI is InChI=1S/C12H25NO/c1-4-10-14-11-9-13-7-5-12(2,3)6-8-13/h4-11H2,1-3H3. The third-order valence-electron chi connectivity index (χ3n) is 3.11. The van der Waals surface area contributed by atoms with Crippen LogP contribution in [0.25, 0.3) is 0 Å². The van der Waals surface area contributed by atoms with Gasteiger partial charge in [-0.3, -0.25) is 0 Å². The third kappa shape index (κ3) is 4.43. The van der Waals surface area contributed by atoms with Crippen LogP contribution < -0.4 is 0 Å². The lowest BCUT2D eigenvalue weighted by Crippen LogP contribution is -2.39. The van der Waals surface area contributed by atoms with E-state index in [2.05, 4.69) is 25.7 Å². The molecule has 1 aliphatic rings. The van der Waals surface area contributed by atoms with E-state index in [-0.39, 0.29) is 0 Å². The molecular formula is C12H25NO. The summed E-state index contributed by atoms with van der Waals surface area (Å²) >= 11 is 0. The number of rotatable bonds is 5. The summed E-state index contributed by atoms with van der Waals surface area (Å²) in [5.41, 5.74) is 0.570. The Labute approximate surface area is 88.6 Å². The second-order valence-electron chi connectivity index (χ2n) is 5.12. The average Bonchev–Trinajstić information content (AvgIpc) is 2.15. The maximum atomic E-state index is 5.50. The zero-order valence-corrected chi connectivity index (χ0v) is 10.0. The zero-order chi connectivity index (χ0) is 10.4. The van der Waals surface area contributed by atoms with E-state index in [1.165, 1.54) is 25.9 Å². The number of hydrogen-bond donors (Lipinski definition) is 0. The van der Waals surface area contributed by atoms with E-state index in [9.17, 15) is 0 Å². The average molecular weight is 199 g/mol. The molecule has 84 valence electrons. The molecule has 1 saturated heterocycles. The molecule has 0 atom stereocenters. The normalized spacial score (nSPS) is 22.5. The van der Waals surface area contributed by atoms with Crippen LogP contribution in [0.4, 0.5) is 0 Å². The van der Waals surface area contributed by atoms with Gasteiger partial charge in [0.1, 0.15) is 0 Å². The molecule has 0 N–H and O–H groups in total. The van der Waals surface area contributed by atoms with Crippen molar-refractivity contribution >= 4 is 0 Å². The van der Waals surface area contributed by atoms with Crippen molar-refractivity contribution in [3.8, 4) is 0 Å². The first-order valence-corrected chi connectivity index (χ1v) is 5.94. The van der Waals surface area contributed by atoms with Gasteiger partial charge >= 0.3 is 0 Å². The molecule has 1 aliphatic heterocycles. The van der Waals surface area contributed by atoms with Crippen molar-refractivity contribution in [1.82, 2.24) is 4.90 Å². The Balaban J connectivity index is 2.04. The predicted molar refractivity (Wildman–Crippen MR) is 60.6 cm³/mol. The van der Waals surface area contributed by atoms with Gasteiger partial charge in [0.15, 0.2) is 0 Å². The van der Waals surface area contributed by atoms with E-state index in [0.717, 1.165) is 26.2 Å². The van der Waals surface area contributed by atoms with E-state index in [0.29, 0.717) is 5.41 Å². The SMILES string of the molecule is CCCOCCN1CCC(C)(C)CC1. The molecule has 0 amide bonds. The summed E-state index contributed by atoms with van der Waals surface area (Å²) in [6, 6.07) is 0. The summed E-state index contributed by atoms with van der Waals surface area (Å²) in [4.78, 5) is 2.53. The van der Waals surface area contributed by atoms with Crippen LogP contribution in [0.2, 0.25) is 0 Å². The molecule has 0 radical (unpaired) electrons. The second-order valence-corrected chi connectivity index (χ2v) is 5.12. The Morgan fingerprint density at radius 1 is 1.14 bits per heavy atom. The van der Waals surface area contributed by atoms with Gasteiger partial charge in [0.25, 0.3) is 0 Å². The summed E-state index contributed by atoms with van der Waals surface area (Å²) in [7, 11) is 0. The van der Waals surface area contributed by atoms with E-state index in [4.69, 9.17) is 4.74 Å². The van der Waals surface area contributed by atoms with Crippen molar-refractivity contribution in [1.29, 1.82) is 0 Å². The van der Waals surface area contributed by atoms with Crippen molar-refractivity contribution < 1.29 is 4.74 Å². The maximum Gasteiger partial charge on any atom is 0.0593 e. The molecular weight excluding hydrogens is 174 g/mol. The van der Waals surface area contributed by atoms with Gasteiger partial charge in [-0.05, 0) is 37.8 Å². The number of ether oxygens (including phenoxy) is 1. The summed E-state index contributed by atoms with van der Waals surface area (Å²) < 4.78 is 5.50. The van der Waals surface area contributed by atoms with Crippen molar-refractivity contribution in [2.45, 2.75) is 40.0 Å². The van der Waals surface area contributed by atoms with Crippen LogP contribution in [0.5, 0.6) is 0 Å². The summed E-state index contributed by atoms with van der Waals surface area (Å²) in [5, 5.41) is 0. The largest absolute Gasteiger partial charge is 0.380 e. The van der Waals surface area contributed by atoms with Gasteiger partial charge in [-0.15, -0.1) is 0 Å². The number of hydrogen-bond acceptors (Lipinski definition) is 2. The van der Waals surface area contributed by atoms with Gasteiger partial charge < -0.3 is 9.64 Å². The molecule has 0 unspecified atom stereocenters. The van der Waals surface area contributed by atoms with E-state index in [1.54, 1.807) is 0 Å².